The Morgan fingerprint density at radius 3 is 2.60 bits per heavy atom. The molecular weight excluding hydrogens is 257 g/mol. The van der Waals surface area contributed by atoms with Crippen LogP contribution in [0.15, 0.2) is 18.2 Å². The zero-order chi connectivity index (χ0) is 14.5. The van der Waals surface area contributed by atoms with Crippen LogP contribution in [-0.2, 0) is 0 Å². The molecule has 0 amide bonds. The maximum atomic E-state index is 14.0. The molecule has 0 aromatic heterocycles. The van der Waals surface area contributed by atoms with Crippen molar-refractivity contribution in [2.75, 3.05) is 18.1 Å². The Hall–Kier alpha value is -1.13. The molecule has 1 aliphatic rings. The topological polar surface area (TPSA) is 43.7 Å². The molecular formula is C16H24FNO2. The summed E-state index contributed by atoms with van der Waals surface area (Å²) >= 11 is 0. The standard InChI is InChI=1S/C16H24FNO2/c1-12(20)16-14(17)8-5-9-15(16)18(10-11-19)13-6-3-2-4-7-13/h5,8-9,12-13,19-20H,2-4,6-7,10-11H2,1H3/t12-/m1/s1. The molecule has 4 heteroatoms. The highest BCUT2D eigenvalue weighted by Crippen LogP contribution is 2.33. The molecule has 20 heavy (non-hydrogen) atoms. The van der Waals surface area contributed by atoms with Crippen LogP contribution >= 0.6 is 0 Å². The van der Waals surface area contributed by atoms with Crippen LogP contribution in [0.4, 0.5) is 10.1 Å². The highest BCUT2D eigenvalue weighted by molar-refractivity contribution is 5.56. The SMILES string of the molecule is C[C@@H](O)c1c(F)cccc1N(CCO)C1CCCCC1. The van der Waals surface area contributed by atoms with Gasteiger partial charge in [0.25, 0.3) is 0 Å². The van der Waals surface area contributed by atoms with Gasteiger partial charge in [0, 0.05) is 23.8 Å². The fourth-order valence-electron chi connectivity index (χ4n) is 3.19. The monoisotopic (exact) mass is 281 g/mol. The molecule has 0 saturated heterocycles. The van der Waals surface area contributed by atoms with Crippen LogP contribution in [-0.4, -0.2) is 29.4 Å². The second-order valence-corrected chi connectivity index (χ2v) is 5.56. The Morgan fingerprint density at radius 2 is 2.00 bits per heavy atom. The molecule has 0 bridgehead atoms. The molecule has 2 rings (SSSR count). The Bertz CT molecular complexity index is 430. The van der Waals surface area contributed by atoms with E-state index in [4.69, 9.17) is 0 Å². The zero-order valence-electron chi connectivity index (χ0n) is 12.1. The second kappa shape index (κ2) is 7.04. The number of aliphatic hydroxyl groups excluding tert-OH is 2. The summed E-state index contributed by atoms with van der Waals surface area (Å²) in [6.45, 7) is 2.10. The smallest absolute Gasteiger partial charge is 0.131 e. The number of benzene rings is 1. The van der Waals surface area contributed by atoms with E-state index in [2.05, 4.69) is 4.90 Å². The van der Waals surface area contributed by atoms with Crippen molar-refractivity contribution < 1.29 is 14.6 Å². The van der Waals surface area contributed by atoms with Crippen LogP contribution in [0.5, 0.6) is 0 Å². The highest BCUT2D eigenvalue weighted by atomic mass is 19.1. The summed E-state index contributed by atoms with van der Waals surface area (Å²) in [6.07, 6.45) is 4.87. The van der Waals surface area contributed by atoms with Gasteiger partial charge in [0.15, 0.2) is 0 Å². The van der Waals surface area contributed by atoms with E-state index in [1.807, 2.05) is 6.07 Å². The number of anilines is 1. The Morgan fingerprint density at radius 1 is 1.30 bits per heavy atom. The number of aliphatic hydroxyl groups is 2. The summed E-state index contributed by atoms with van der Waals surface area (Å²) in [6, 6.07) is 5.22. The van der Waals surface area contributed by atoms with Crippen LogP contribution in [0.2, 0.25) is 0 Å². The van der Waals surface area contributed by atoms with Crippen LogP contribution in [0.3, 0.4) is 0 Å². The second-order valence-electron chi connectivity index (χ2n) is 5.56. The van der Waals surface area contributed by atoms with Crippen molar-refractivity contribution in [1.29, 1.82) is 0 Å². The first-order chi connectivity index (χ1) is 9.65. The van der Waals surface area contributed by atoms with Gasteiger partial charge in [-0.15, -0.1) is 0 Å². The maximum absolute atomic E-state index is 14.0. The van der Waals surface area contributed by atoms with Gasteiger partial charge in [-0.3, -0.25) is 0 Å². The van der Waals surface area contributed by atoms with Crippen molar-refractivity contribution >= 4 is 5.69 Å². The summed E-state index contributed by atoms with van der Waals surface area (Å²) in [5.74, 6) is -0.378. The molecule has 1 fully saturated rings. The van der Waals surface area contributed by atoms with Crippen molar-refractivity contribution in [2.45, 2.75) is 51.2 Å². The number of nitrogens with zero attached hydrogens (tertiary/aromatic N) is 1. The zero-order valence-corrected chi connectivity index (χ0v) is 12.1. The maximum Gasteiger partial charge on any atom is 0.131 e. The van der Waals surface area contributed by atoms with E-state index in [1.165, 1.54) is 25.3 Å². The lowest BCUT2D eigenvalue weighted by molar-refractivity contribution is 0.194. The molecule has 1 aromatic rings. The minimum absolute atomic E-state index is 0.0340. The van der Waals surface area contributed by atoms with Crippen LogP contribution in [0, 0.1) is 5.82 Å². The average molecular weight is 281 g/mol. The van der Waals surface area contributed by atoms with Crippen molar-refractivity contribution in [1.82, 2.24) is 0 Å². The molecule has 1 saturated carbocycles. The number of hydrogen-bond acceptors (Lipinski definition) is 3. The fourth-order valence-corrected chi connectivity index (χ4v) is 3.19. The summed E-state index contributed by atoms with van der Waals surface area (Å²) in [5.41, 5.74) is 1.06. The number of rotatable bonds is 5. The molecule has 1 aromatic carbocycles. The minimum Gasteiger partial charge on any atom is -0.395 e. The van der Waals surface area contributed by atoms with E-state index in [-0.39, 0.29) is 12.4 Å². The van der Waals surface area contributed by atoms with Gasteiger partial charge in [-0.25, -0.2) is 4.39 Å². The first kappa shape index (κ1) is 15.3. The molecule has 3 nitrogen and oxygen atoms in total. The predicted octanol–water partition coefficient (Wildman–Crippen LogP) is 3.01. The van der Waals surface area contributed by atoms with Gasteiger partial charge >= 0.3 is 0 Å². The van der Waals surface area contributed by atoms with E-state index in [9.17, 15) is 14.6 Å². The summed E-state index contributed by atoms with van der Waals surface area (Å²) in [5, 5.41) is 19.2. The summed E-state index contributed by atoms with van der Waals surface area (Å²) < 4.78 is 14.0. The predicted molar refractivity (Wildman–Crippen MR) is 78.3 cm³/mol. The fraction of sp³-hybridized carbons (Fsp3) is 0.625. The van der Waals surface area contributed by atoms with E-state index in [0.717, 1.165) is 18.5 Å². The normalized spacial score (nSPS) is 18.0. The molecule has 112 valence electrons. The first-order valence-corrected chi connectivity index (χ1v) is 7.49. The molecule has 0 aliphatic heterocycles. The van der Waals surface area contributed by atoms with E-state index in [0.29, 0.717) is 18.2 Å². The quantitative estimate of drug-likeness (QED) is 0.872. The third kappa shape index (κ3) is 3.30. The largest absolute Gasteiger partial charge is 0.395 e. The van der Waals surface area contributed by atoms with Gasteiger partial charge in [0.05, 0.1) is 12.7 Å². The molecule has 0 radical (unpaired) electrons. The van der Waals surface area contributed by atoms with Gasteiger partial charge < -0.3 is 15.1 Å². The number of hydrogen-bond donors (Lipinski definition) is 2. The average Bonchev–Trinajstić information content (AvgIpc) is 2.45. The van der Waals surface area contributed by atoms with E-state index in [1.54, 1.807) is 13.0 Å². The molecule has 1 atom stereocenters. The first-order valence-electron chi connectivity index (χ1n) is 7.49. The van der Waals surface area contributed by atoms with Gasteiger partial charge in [0.1, 0.15) is 5.82 Å². The van der Waals surface area contributed by atoms with Gasteiger partial charge in [-0.2, -0.15) is 0 Å². The summed E-state index contributed by atoms with van der Waals surface area (Å²) in [4.78, 5) is 2.07. The lowest BCUT2D eigenvalue weighted by Crippen LogP contribution is -2.39. The molecule has 0 spiro atoms. The van der Waals surface area contributed by atoms with E-state index < -0.39 is 6.10 Å². The van der Waals surface area contributed by atoms with E-state index >= 15 is 0 Å². The highest BCUT2D eigenvalue weighted by Gasteiger charge is 2.25. The van der Waals surface area contributed by atoms with Gasteiger partial charge in [0.2, 0.25) is 0 Å². The molecule has 0 unspecified atom stereocenters. The van der Waals surface area contributed by atoms with Crippen molar-refractivity contribution in [3.8, 4) is 0 Å². The lowest BCUT2D eigenvalue weighted by atomic mass is 9.93. The van der Waals surface area contributed by atoms with Crippen LogP contribution in [0.25, 0.3) is 0 Å². The Labute approximate surface area is 120 Å². The van der Waals surface area contributed by atoms with Gasteiger partial charge in [-0.05, 0) is 31.9 Å². The Balaban J connectivity index is 2.35. The summed E-state index contributed by atoms with van der Waals surface area (Å²) in [7, 11) is 0. The van der Waals surface area contributed by atoms with Crippen LogP contribution < -0.4 is 4.90 Å². The van der Waals surface area contributed by atoms with Crippen molar-refractivity contribution in [3.63, 3.8) is 0 Å². The molecule has 2 N–H and O–H groups in total. The number of halogens is 1. The molecule has 0 heterocycles. The lowest BCUT2D eigenvalue weighted by Gasteiger charge is -2.37. The Kier molecular flexibility index (Phi) is 5.38. The third-order valence-electron chi connectivity index (χ3n) is 4.11. The van der Waals surface area contributed by atoms with Crippen molar-refractivity contribution in [3.05, 3.63) is 29.6 Å². The third-order valence-corrected chi connectivity index (χ3v) is 4.11. The van der Waals surface area contributed by atoms with Crippen molar-refractivity contribution in [2.24, 2.45) is 0 Å². The van der Waals surface area contributed by atoms with Crippen LogP contribution in [0.1, 0.15) is 50.7 Å². The van der Waals surface area contributed by atoms with Gasteiger partial charge in [-0.1, -0.05) is 25.3 Å². The molecule has 1 aliphatic carbocycles. The minimum atomic E-state index is -0.851.